The Balaban J connectivity index is 2.02. The van der Waals surface area contributed by atoms with E-state index in [1.54, 1.807) is 37.3 Å². The maximum atomic E-state index is 12.6. The number of hydrogen-bond acceptors (Lipinski definition) is 5. The summed E-state index contributed by atoms with van der Waals surface area (Å²) in [5.41, 5.74) is 3.60. The molecule has 0 aromatic heterocycles. The second-order valence-electron chi connectivity index (χ2n) is 5.71. The molecule has 2 rings (SSSR count). The van der Waals surface area contributed by atoms with Gasteiger partial charge in [-0.15, -0.1) is 0 Å². The maximum Gasteiger partial charge on any atom is 0.255 e. The zero-order valence-electron chi connectivity index (χ0n) is 15.1. The van der Waals surface area contributed by atoms with E-state index in [2.05, 4.69) is 10.5 Å². The third-order valence-corrected chi connectivity index (χ3v) is 5.88. The summed E-state index contributed by atoms with van der Waals surface area (Å²) in [6.45, 7) is 1.36. The van der Waals surface area contributed by atoms with Gasteiger partial charge in [-0.05, 0) is 36.8 Å². The average Bonchev–Trinajstić information content (AvgIpc) is 2.63. The van der Waals surface area contributed by atoms with Crippen LogP contribution in [0.4, 0.5) is 0 Å². The number of halogens is 1. The van der Waals surface area contributed by atoms with Crippen LogP contribution in [0, 0.1) is 6.92 Å². The molecule has 7 nitrogen and oxygen atoms in total. The van der Waals surface area contributed by atoms with Gasteiger partial charge >= 0.3 is 0 Å². The molecule has 2 aromatic rings. The molecule has 1 amide bonds. The van der Waals surface area contributed by atoms with Crippen molar-refractivity contribution in [3.8, 4) is 5.75 Å². The van der Waals surface area contributed by atoms with Crippen molar-refractivity contribution in [2.45, 2.75) is 11.8 Å². The quantitative estimate of drug-likeness (QED) is 0.562. The van der Waals surface area contributed by atoms with Crippen molar-refractivity contribution in [3.05, 3.63) is 58.6 Å². The highest BCUT2D eigenvalue weighted by Gasteiger charge is 2.23. The van der Waals surface area contributed by atoms with Crippen LogP contribution in [0.25, 0.3) is 0 Å². The molecule has 0 heterocycles. The second kappa shape index (κ2) is 8.98. The predicted octanol–water partition coefficient (Wildman–Crippen LogP) is 2.43. The van der Waals surface area contributed by atoms with Gasteiger partial charge in [-0.2, -0.15) is 9.41 Å². The number of likely N-dealkylation sites (N-methyl/N-ethyl adjacent to an activating group) is 1. The minimum absolute atomic E-state index is 0.0793. The van der Waals surface area contributed by atoms with E-state index in [9.17, 15) is 13.2 Å². The van der Waals surface area contributed by atoms with Crippen LogP contribution in [0.1, 0.15) is 11.1 Å². The SMILES string of the molecule is COc1ccc(S(=O)(=O)N(C)CC(=O)N/N=C/c2ccccc2Cl)cc1C. The Bertz CT molecular complexity index is 961. The van der Waals surface area contributed by atoms with Crippen LogP contribution >= 0.6 is 11.6 Å². The van der Waals surface area contributed by atoms with Gasteiger partial charge in [0.05, 0.1) is 24.8 Å². The highest BCUT2D eigenvalue weighted by Crippen LogP contribution is 2.23. The molecule has 144 valence electrons. The van der Waals surface area contributed by atoms with Gasteiger partial charge in [0.15, 0.2) is 0 Å². The van der Waals surface area contributed by atoms with Crippen molar-refractivity contribution in [2.75, 3.05) is 20.7 Å². The maximum absolute atomic E-state index is 12.6. The average molecular weight is 410 g/mol. The Labute approximate surface area is 163 Å². The number of nitrogens with one attached hydrogen (secondary N) is 1. The summed E-state index contributed by atoms with van der Waals surface area (Å²) in [5, 5.41) is 4.29. The molecule has 0 saturated heterocycles. The molecule has 0 radical (unpaired) electrons. The summed E-state index contributed by atoms with van der Waals surface area (Å²) in [4.78, 5) is 12.1. The largest absolute Gasteiger partial charge is 0.496 e. The number of carbonyl (C=O) groups is 1. The fraction of sp³-hybridized carbons (Fsp3) is 0.222. The number of hydrazone groups is 1. The molecule has 0 atom stereocenters. The van der Waals surface area contributed by atoms with E-state index in [0.717, 1.165) is 4.31 Å². The number of sulfonamides is 1. The first-order valence-corrected chi connectivity index (χ1v) is 9.75. The number of aryl methyl sites for hydroxylation is 1. The van der Waals surface area contributed by atoms with Gasteiger partial charge in [-0.25, -0.2) is 13.8 Å². The first kappa shape index (κ1) is 20.9. The summed E-state index contributed by atoms with van der Waals surface area (Å²) < 4.78 is 31.3. The van der Waals surface area contributed by atoms with Gasteiger partial charge in [0.2, 0.25) is 10.0 Å². The van der Waals surface area contributed by atoms with Gasteiger partial charge in [0, 0.05) is 17.6 Å². The Hall–Kier alpha value is -2.42. The van der Waals surface area contributed by atoms with Crippen molar-refractivity contribution in [3.63, 3.8) is 0 Å². The smallest absolute Gasteiger partial charge is 0.255 e. The molecule has 0 fully saturated rings. The number of amides is 1. The highest BCUT2D eigenvalue weighted by atomic mass is 35.5. The van der Waals surface area contributed by atoms with E-state index in [0.29, 0.717) is 21.9 Å². The van der Waals surface area contributed by atoms with Crippen molar-refractivity contribution < 1.29 is 17.9 Å². The zero-order chi connectivity index (χ0) is 20.0. The zero-order valence-corrected chi connectivity index (χ0v) is 16.7. The summed E-state index contributed by atoms with van der Waals surface area (Å²) in [7, 11) is -0.986. The van der Waals surface area contributed by atoms with Crippen LogP contribution in [0.5, 0.6) is 5.75 Å². The molecule has 0 spiro atoms. The van der Waals surface area contributed by atoms with Gasteiger partial charge in [-0.1, -0.05) is 29.8 Å². The van der Waals surface area contributed by atoms with E-state index in [-0.39, 0.29) is 11.4 Å². The first-order chi connectivity index (χ1) is 12.8. The van der Waals surface area contributed by atoms with Crippen LogP contribution < -0.4 is 10.2 Å². The van der Waals surface area contributed by atoms with Gasteiger partial charge in [0.25, 0.3) is 5.91 Å². The molecule has 9 heteroatoms. The molecule has 27 heavy (non-hydrogen) atoms. The molecule has 0 bridgehead atoms. The van der Waals surface area contributed by atoms with Crippen molar-refractivity contribution in [1.82, 2.24) is 9.73 Å². The molecule has 1 N–H and O–H groups in total. The lowest BCUT2D eigenvalue weighted by Gasteiger charge is -2.17. The van der Waals surface area contributed by atoms with Crippen LogP contribution in [0.15, 0.2) is 52.5 Å². The van der Waals surface area contributed by atoms with Crippen molar-refractivity contribution in [2.24, 2.45) is 5.10 Å². The molecule has 0 unspecified atom stereocenters. The summed E-state index contributed by atoms with van der Waals surface area (Å²) in [6.07, 6.45) is 1.39. The number of carbonyl (C=O) groups excluding carboxylic acids is 1. The lowest BCUT2D eigenvalue weighted by molar-refractivity contribution is -0.121. The Kier molecular flexibility index (Phi) is 6.95. The summed E-state index contributed by atoms with van der Waals surface area (Å²) in [5.74, 6) is 0.0119. The number of methoxy groups -OCH3 is 1. The monoisotopic (exact) mass is 409 g/mol. The molecule has 0 saturated carbocycles. The van der Waals surface area contributed by atoms with Crippen LogP contribution in [0.2, 0.25) is 5.02 Å². The van der Waals surface area contributed by atoms with E-state index in [4.69, 9.17) is 16.3 Å². The van der Waals surface area contributed by atoms with E-state index in [1.807, 2.05) is 0 Å². The van der Waals surface area contributed by atoms with Crippen molar-refractivity contribution >= 4 is 33.7 Å². The molecular formula is C18H20ClN3O4S. The van der Waals surface area contributed by atoms with Crippen LogP contribution in [-0.2, 0) is 14.8 Å². The topological polar surface area (TPSA) is 88.1 Å². The van der Waals surface area contributed by atoms with Gasteiger partial charge in [0.1, 0.15) is 5.75 Å². The molecule has 0 aliphatic rings. The third-order valence-electron chi connectivity index (χ3n) is 3.74. The fourth-order valence-electron chi connectivity index (χ4n) is 2.27. The summed E-state index contributed by atoms with van der Waals surface area (Å²) in [6, 6.07) is 11.5. The minimum atomic E-state index is -3.82. The van der Waals surface area contributed by atoms with Crippen LogP contribution in [-0.4, -0.2) is 45.5 Å². The number of benzene rings is 2. The number of rotatable bonds is 7. The van der Waals surface area contributed by atoms with Crippen molar-refractivity contribution in [1.29, 1.82) is 0 Å². The Morgan fingerprint density at radius 1 is 1.30 bits per heavy atom. The van der Waals surface area contributed by atoms with E-state index < -0.39 is 15.9 Å². The van der Waals surface area contributed by atoms with Gasteiger partial charge in [-0.3, -0.25) is 4.79 Å². The fourth-order valence-corrected chi connectivity index (χ4v) is 3.66. The second-order valence-corrected chi connectivity index (χ2v) is 8.16. The molecule has 2 aromatic carbocycles. The van der Waals surface area contributed by atoms with Crippen LogP contribution in [0.3, 0.4) is 0 Å². The standard InChI is InChI=1S/C18H20ClN3O4S/c1-13-10-15(8-9-17(13)26-3)27(24,25)22(2)12-18(23)21-20-11-14-6-4-5-7-16(14)19/h4-11H,12H2,1-3H3,(H,21,23)/b20-11+. The normalized spacial score (nSPS) is 11.7. The number of nitrogens with zero attached hydrogens (tertiary/aromatic N) is 2. The van der Waals surface area contributed by atoms with E-state index in [1.165, 1.54) is 32.5 Å². The number of hydrogen-bond donors (Lipinski definition) is 1. The Morgan fingerprint density at radius 2 is 2.00 bits per heavy atom. The number of ether oxygens (including phenoxy) is 1. The highest BCUT2D eigenvalue weighted by molar-refractivity contribution is 7.89. The third kappa shape index (κ3) is 5.29. The Morgan fingerprint density at radius 3 is 2.63 bits per heavy atom. The first-order valence-electron chi connectivity index (χ1n) is 7.93. The lowest BCUT2D eigenvalue weighted by Crippen LogP contribution is -2.36. The van der Waals surface area contributed by atoms with E-state index >= 15 is 0 Å². The van der Waals surface area contributed by atoms with Gasteiger partial charge < -0.3 is 4.74 Å². The molecule has 0 aliphatic heterocycles. The molecular weight excluding hydrogens is 390 g/mol. The lowest BCUT2D eigenvalue weighted by atomic mass is 10.2. The predicted molar refractivity (Wildman–Crippen MR) is 105 cm³/mol. The molecule has 0 aliphatic carbocycles. The summed E-state index contributed by atoms with van der Waals surface area (Å²) >= 11 is 5.99. The minimum Gasteiger partial charge on any atom is -0.496 e.